The number of benzene rings is 1. The molecule has 0 N–H and O–H groups in total. The average molecular weight is 274 g/mol. The molecule has 3 nitrogen and oxygen atoms in total. The molecule has 0 fully saturated rings. The van der Waals surface area contributed by atoms with Crippen molar-refractivity contribution in [1.82, 2.24) is 9.55 Å². The Bertz CT molecular complexity index is 738. The third kappa shape index (κ3) is 1.69. The summed E-state index contributed by atoms with van der Waals surface area (Å²) in [6.45, 7) is 0. The average Bonchev–Trinajstić information content (AvgIpc) is 3.03. The number of alkyl halides is 1. The van der Waals surface area contributed by atoms with Gasteiger partial charge in [-0.25, -0.2) is 4.98 Å². The van der Waals surface area contributed by atoms with Gasteiger partial charge in [0.1, 0.15) is 5.82 Å². The predicted octanol–water partition coefficient (Wildman–Crippen LogP) is 3.70. The topological polar surface area (TPSA) is 41.6 Å². The Kier molecular flexibility index (Phi) is 2.78. The van der Waals surface area contributed by atoms with E-state index in [-0.39, 0.29) is 0 Å². The number of fused-ring (bicyclic) bond motifs is 1. The monoisotopic (exact) mass is 273 g/mol. The smallest absolute Gasteiger partial charge is 0.129 e. The zero-order valence-corrected chi connectivity index (χ0v) is 10.9. The first-order chi connectivity index (χ1) is 8.83. The molecule has 0 aliphatic heterocycles. The molecule has 0 radical (unpaired) electrons. The summed E-state index contributed by atoms with van der Waals surface area (Å²) in [5, 5.41) is 13.0. The van der Waals surface area contributed by atoms with E-state index in [0.717, 1.165) is 22.5 Å². The fraction of sp³-hybridized carbons (Fsp3) is 0.0769. The number of nitrogens with zero attached hydrogens (tertiary/aromatic N) is 3. The highest BCUT2D eigenvalue weighted by Gasteiger charge is 2.12. The number of halogens is 1. The van der Waals surface area contributed by atoms with Crippen molar-refractivity contribution in [2.75, 3.05) is 0 Å². The first-order valence-corrected chi connectivity index (χ1v) is 6.81. The summed E-state index contributed by atoms with van der Waals surface area (Å²) in [5.74, 6) is 1.13. The third-order valence-electron chi connectivity index (χ3n) is 2.74. The van der Waals surface area contributed by atoms with Crippen molar-refractivity contribution in [1.29, 1.82) is 5.26 Å². The molecule has 0 aliphatic rings. The predicted molar refractivity (Wildman–Crippen MR) is 73.2 cm³/mol. The van der Waals surface area contributed by atoms with Gasteiger partial charge in [-0.05, 0) is 29.6 Å². The van der Waals surface area contributed by atoms with E-state index in [2.05, 4.69) is 11.1 Å². The minimum Gasteiger partial charge on any atom is -0.294 e. The number of aromatic nitrogens is 2. The molecular weight excluding hydrogens is 266 g/mol. The molecular formula is C13H8ClN3S. The number of hydrogen-bond acceptors (Lipinski definition) is 3. The number of thiophene rings is 1. The van der Waals surface area contributed by atoms with Gasteiger partial charge in [-0.3, -0.25) is 4.57 Å². The fourth-order valence-electron chi connectivity index (χ4n) is 1.96. The zero-order valence-electron chi connectivity index (χ0n) is 9.30. The molecule has 0 saturated heterocycles. The van der Waals surface area contributed by atoms with Gasteiger partial charge in [0.05, 0.1) is 34.2 Å². The number of nitriles is 1. The highest BCUT2D eigenvalue weighted by atomic mass is 35.5. The Morgan fingerprint density at radius 1 is 1.39 bits per heavy atom. The van der Waals surface area contributed by atoms with Gasteiger partial charge in [0, 0.05) is 5.38 Å². The second-order valence-corrected chi connectivity index (χ2v) is 4.84. The Hall–Kier alpha value is -1.83. The van der Waals surface area contributed by atoms with Crippen LogP contribution in [0.3, 0.4) is 0 Å². The molecule has 0 bridgehead atoms. The second kappa shape index (κ2) is 4.45. The molecule has 0 spiro atoms. The second-order valence-electron chi connectivity index (χ2n) is 3.79. The quantitative estimate of drug-likeness (QED) is 0.668. The van der Waals surface area contributed by atoms with Crippen molar-refractivity contribution in [3.63, 3.8) is 0 Å². The van der Waals surface area contributed by atoms with E-state index in [0.29, 0.717) is 11.4 Å². The maximum atomic E-state index is 8.98. The summed E-state index contributed by atoms with van der Waals surface area (Å²) < 4.78 is 2.00. The molecule has 2 heterocycles. The first kappa shape index (κ1) is 11.3. The lowest BCUT2D eigenvalue weighted by Gasteiger charge is -2.04. The molecule has 18 heavy (non-hydrogen) atoms. The van der Waals surface area contributed by atoms with Crippen molar-refractivity contribution >= 4 is 34.0 Å². The van der Waals surface area contributed by atoms with Crippen molar-refractivity contribution in [2.45, 2.75) is 5.88 Å². The van der Waals surface area contributed by atoms with E-state index >= 15 is 0 Å². The van der Waals surface area contributed by atoms with Gasteiger partial charge in [-0.1, -0.05) is 0 Å². The van der Waals surface area contributed by atoms with Crippen LogP contribution in [0.2, 0.25) is 0 Å². The van der Waals surface area contributed by atoms with Crippen molar-refractivity contribution < 1.29 is 0 Å². The Balaban J connectivity index is 2.36. The summed E-state index contributed by atoms with van der Waals surface area (Å²) in [6, 6.07) is 9.63. The fourth-order valence-corrected chi connectivity index (χ4v) is 2.76. The summed E-state index contributed by atoms with van der Waals surface area (Å²) in [7, 11) is 0. The maximum absolute atomic E-state index is 8.98. The van der Waals surface area contributed by atoms with E-state index in [4.69, 9.17) is 16.9 Å². The van der Waals surface area contributed by atoms with Crippen LogP contribution in [0.4, 0.5) is 0 Å². The largest absolute Gasteiger partial charge is 0.294 e. The van der Waals surface area contributed by atoms with Gasteiger partial charge in [0.2, 0.25) is 0 Å². The lowest BCUT2D eigenvalue weighted by molar-refractivity contribution is 0.987. The SMILES string of the molecule is N#Cc1ccc2nc(CCl)n(-c3ccsc3)c2c1. The van der Waals surface area contributed by atoms with Gasteiger partial charge < -0.3 is 0 Å². The van der Waals surface area contributed by atoms with Crippen LogP contribution in [0.25, 0.3) is 16.7 Å². The molecule has 88 valence electrons. The number of hydrogen-bond donors (Lipinski definition) is 0. The minimum atomic E-state index is 0.340. The van der Waals surface area contributed by atoms with E-state index in [1.54, 1.807) is 17.4 Å². The molecule has 0 saturated carbocycles. The lowest BCUT2D eigenvalue weighted by Crippen LogP contribution is -1.97. The summed E-state index contributed by atoms with van der Waals surface area (Å²) in [4.78, 5) is 4.49. The lowest BCUT2D eigenvalue weighted by atomic mass is 10.2. The third-order valence-corrected chi connectivity index (χ3v) is 3.65. The van der Waals surface area contributed by atoms with Crippen LogP contribution < -0.4 is 0 Å². The van der Waals surface area contributed by atoms with Crippen LogP contribution in [-0.4, -0.2) is 9.55 Å². The Labute approximate surface area is 113 Å². The van der Waals surface area contributed by atoms with E-state index < -0.39 is 0 Å². The zero-order chi connectivity index (χ0) is 12.5. The van der Waals surface area contributed by atoms with E-state index in [1.165, 1.54) is 0 Å². The standard InChI is InChI=1S/C13H8ClN3S/c14-6-13-16-11-2-1-9(7-15)5-12(11)17(13)10-3-4-18-8-10/h1-5,8H,6H2. The van der Waals surface area contributed by atoms with Crippen LogP contribution in [0.5, 0.6) is 0 Å². The molecule has 2 aromatic heterocycles. The van der Waals surface area contributed by atoms with Gasteiger partial charge in [-0.15, -0.1) is 11.6 Å². The minimum absolute atomic E-state index is 0.340. The van der Waals surface area contributed by atoms with Crippen LogP contribution in [-0.2, 0) is 5.88 Å². The Morgan fingerprint density at radius 3 is 2.94 bits per heavy atom. The van der Waals surface area contributed by atoms with Gasteiger partial charge in [0.15, 0.2) is 0 Å². The number of imidazole rings is 1. The van der Waals surface area contributed by atoms with Gasteiger partial charge >= 0.3 is 0 Å². The number of rotatable bonds is 2. The van der Waals surface area contributed by atoms with Crippen LogP contribution in [0.15, 0.2) is 35.0 Å². The molecule has 0 aliphatic carbocycles. The highest BCUT2D eigenvalue weighted by molar-refractivity contribution is 7.08. The summed E-state index contributed by atoms with van der Waals surface area (Å²) in [6.07, 6.45) is 0. The van der Waals surface area contributed by atoms with Crippen LogP contribution in [0.1, 0.15) is 11.4 Å². The van der Waals surface area contributed by atoms with E-state index in [9.17, 15) is 0 Å². The van der Waals surface area contributed by atoms with Gasteiger partial charge in [0.25, 0.3) is 0 Å². The van der Waals surface area contributed by atoms with Crippen LogP contribution in [0, 0.1) is 11.3 Å². The van der Waals surface area contributed by atoms with Crippen molar-refractivity contribution in [2.24, 2.45) is 0 Å². The highest BCUT2D eigenvalue weighted by Crippen LogP contribution is 2.24. The summed E-state index contributed by atoms with van der Waals surface area (Å²) in [5.41, 5.74) is 3.44. The molecule has 3 aromatic rings. The first-order valence-electron chi connectivity index (χ1n) is 5.33. The maximum Gasteiger partial charge on any atom is 0.129 e. The molecule has 0 amide bonds. The molecule has 5 heteroatoms. The van der Waals surface area contributed by atoms with Gasteiger partial charge in [-0.2, -0.15) is 16.6 Å². The van der Waals surface area contributed by atoms with Crippen LogP contribution >= 0.6 is 22.9 Å². The van der Waals surface area contributed by atoms with Crippen molar-refractivity contribution in [3.05, 3.63) is 46.4 Å². The van der Waals surface area contributed by atoms with Crippen molar-refractivity contribution in [3.8, 4) is 11.8 Å². The molecule has 0 unspecified atom stereocenters. The molecule has 3 rings (SSSR count). The normalized spacial score (nSPS) is 10.7. The molecule has 0 atom stereocenters. The molecule has 1 aromatic carbocycles. The summed E-state index contributed by atoms with van der Waals surface area (Å²) >= 11 is 7.57. The van der Waals surface area contributed by atoms with E-state index in [1.807, 2.05) is 33.5 Å². The Morgan fingerprint density at radius 2 is 2.28 bits per heavy atom.